The average molecular weight is 347 g/mol. The van der Waals surface area contributed by atoms with Gasteiger partial charge in [0.05, 0.1) is 0 Å². The zero-order valence-electron chi connectivity index (χ0n) is 15.2. The van der Waals surface area contributed by atoms with Crippen molar-refractivity contribution in [2.45, 2.75) is 25.7 Å². The molecule has 1 aromatic heterocycles. The monoisotopic (exact) mass is 347 g/mol. The molecule has 0 bridgehead atoms. The van der Waals surface area contributed by atoms with Crippen LogP contribution in [0.15, 0.2) is 6.07 Å². The Morgan fingerprint density at radius 1 is 1.20 bits per heavy atom. The fourth-order valence-corrected chi connectivity index (χ4v) is 3.88. The van der Waals surface area contributed by atoms with Crippen LogP contribution in [0.25, 0.3) is 0 Å². The van der Waals surface area contributed by atoms with Gasteiger partial charge >= 0.3 is 0 Å². The molecule has 2 aliphatic rings. The summed E-state index contributed by atoms with van der Waals surface area (Å²) >= 11 is 0. The van der Waals surface area contributed by atoms with Gasteiger partial charge in [0.1, 0.15) is 11.6 Å². The highest BCUT2D eigenvalue weighted by Gasteiger charge is 2.41. The van der Waals surface area contributed by atoms with Crippen molar-refractivity contribution in [3.8, 4) is 0 Å². The van der Waals surface area contributed by atoms with Crippen LogP contribution >= 0.6 is 0 Å². The Kier molecular flexibility index (Phi) is 4.99. The molecular formula is C17H29N7O. The van der Waals surface area contributed by atoms with E-state index in [0.29, 0.717) is 18.1 Å². The Bertz CT molecular complexity index is 605. The van der Waals surface area contributed by atoms with E-state index in [9.17, 15) is 4.79 Å². The maximum Gasteiger partial charge on any atom is 0.223 e. The van der Waals surface area contributed by atoms with Gasteiger partial charge in [-0.05, 0) is 38.8 Å². The predicted molar refractivity (Wildman–Crippen MR) is 99.1 cm³/mol. The van der Waals surface area contributed by atoms with Crippen molar-refractivity contribution in [2.75, 3.05) is 63.2 Å². The third-order valence-electron chi connectivity index (χ3n) is 5.46. The zero-order valence-corrected chi connectivity index (χ0v) is 15.2. The number of likely N-dealkylation sites (N-methyl/N-ethyl adjacent to an activating group) is 1. The smallest absolute Gasteiger partial charge is 0.223 e. The molecule has 25 heavy (non-hydrogen) atoms. The summed E-state index contributed by atoms with van der Waals surface area (Å²) in [6.45, 7) is 4.42. The van der Waals surface area contributed by atoms with Gasteiger partial charge in [0, 0.05) is 45.2 Å². The lowest BCUT2D eigenvalue weighted by Gasteiger charge is -2.47. The van der Waals surface area contributed by atoms with Crippen molar-refractivity contribution in [1.82, 2.24) is 19.8 Å². The highest BCUT2D eigenvalue weighted by Crippen LogP contribution is 2.41. The van der Waals surface area contributed by atoms with E-state index < -0.39 is 0 Å². The molecule has 4 N–H and O–H groups in total. The largest absolute Gasteiger partial charge is 0.383 e. The number of piperidine rings is 2. The maximum atomic E-state index is 12.2. The van der Waals surface area contributed by atoms with Crippen LogP contribution in [0.1, 0.15) is 25.7 Å². The first-order chi connectivity index (χ1) is 11.9. The van der Waals surface area contributed by atoms with E-state index in [-0.39, 0.29) is 11.4 Å². The molecule has 1 spiro atoms. The van der Waals surface area contributed by atoms with Crippen LogP contribution in [0.2, 0.25) is 0 Å². The molecule has 1 aromatic rings. The second-order valence-electron chi connectivity index (χ2n) is 7.61. The van der Waals surface area contributed by atoms with Crippen molar-refractivity contribution in [1.29, 1.82) is 0 Å². The van der Waals surface area contributed by atoms with Gasteiger partial charge in [0.25, 0.3) is 0 Å². The molecule has 3 rings (SSSR count). The maximum absolute atomic E-state index is 12.2. The summed E-state index contributed by atoms with van der Waals surface area (Å²) < 4.78 is 0. The molecule has 0 unspecified atom stereocenters. The van der Waals surface area contributed by atoms with Gasteiger partial charge in [-0.25, -0.2) is 0 Å². The van der Waals surface area contributed by atoms with Crippen molar-refractivity contribution >= 4 is 23.5 Å². The number of nitrogens with zero attached hydrogens (tertiary/aromatic N) is 5. The molecule has 8 nitrogen and oxygen atoms in total. The topological polar surface area (TPSA) is 105 Å². The third kappa shape index (κ3) is 4.12. The number of likely N-dealkylation sites (tertiary alicyclic amines) is 1. The Balaban J connectivity index is 1.63. The molecule has 2 saturated heterocycles. The Morgan fingerprint density at radius 2 is 1.92 bits per heavy atom. The normalized spacial score (nSPS) is 20.5. The first kappa shape index (κ1) is 17.7. The number of nitrogen functional groups attached to an aromatic ring is 2. The van der Waals surface area contributed by atoms with Crippen LogP contribution in [0, 0.1) is 5.41 Å². The van der Waals surface area contributed by atoms with Crippen LogP contribution in [0.3, 0.4) is 0 Å². The fourth-order valence-electron chi connectivity index (χ4n) is 3.88. The molecule has 138 valence electrons. The van der Waals surface area contributed by atoms with Crippen LogP contribution in [0.4, 0.5) is 17.6 Å². The average Bonchev–Trinajstić information content (AvgIpc) is 2.56. The zero-order chi connectivity index (χ0) is 18.0. The lowest BCUT2D eigenvalue weighted by atomic mass is 9.72. The minimum atomic E-state index is 0.216. The van der Waals surface area contributed by atoms with Crippen molar-refractivity contribution in [3.63, 3.8) is 0 Å². The van der Waals surface area contributed by atoms with Gasteiger partial charge in [-0.2, -0.15) is 9.97 Å². The summed E-state index contributed by atoms with van der Waals surface area (Å²) in [5.41, 5.74) is 11.7. The Labute approximate surface area is 149 Å². The summed E-state index contributed by atoms with van der Waals surface area (Å²) in [5.74, 6) is 1.72. The molecule has 0 saturated carbocycles. The first-order valence-corrected chi connectivity index (χ1v) is 8.94. The van der Waals surface area contributed by atoms with E-state index in [1.807, 2.05) is 14.1 Å². The van der Waals surface area contributed by atoms with Crippen molar-refractivity contribution in [3.05, 3.63) is 6.07 Å². The molecule has 2 aliphatic heterocycles. The molecule has 0 radical (unpaired) electrons. The SMILES string of the molecule is CN(C)CCN1CC2(CCC1=O)CCN(c1cc(N)nc(N)n1)CC2. The molecule has 0 aromatic carbocycles. The highest BCUT2D eigenvalue weighted by atomic mass is 16.2. The molecule has 3 heterocycles. The number of nitrogens with two attached hydrogens (primary N) is 2. The van der Waals surface area contributed by atoms with Gasteiger partial charge in [-0.15, -0.1) is 0 Å². The van der Waals surface area contributed by atoms with Crippen molar-refractivity contribution in [2.24, 2.45) is 5.41 Å². The minimum Gasteiger partial charge on any atom is -0.383 e. The van der Waals surface area contributed by atoms with Crippen LogP contribution in [-0.4, -0.2) is 72.5 Å². The third-order valence-corrected chi connectivity index (χ3v) is 5.46. The highest BCUT2D eigenvalue weighted by molar-refractivity contribution is 5.77. The van der Waals surface area contributed by atoms with Gasteiger partial charge < -0.3 is 26.2 Å². The molecule has 2 fully saturated rings. The number of amides is 1. The minimum absolute atomic E-state index is 0.216. The van der Waals surface area contributed by atoms with E-state index in [2.05, 4.69) is 24.7 Å². The predicted octanol–water partition coefficient (Wildman–Crippen LogP) is 0.412. The standard InChI is InChI=1S/C17H29N7O/c1-22(2)9-10-24-12-17(4-3-15(24)25)5-7-23(8-6-17)14-11-13(18)20-16(19)21-14/h11H,3-10,12H2,1-2H3,(H4,18,19,20,21). The first-order valence-electron chi connectivity index (χ1n) is 8.94. The summed E-state index contributed by atoms with van der Waals surface area (Å²) in [5, 5.41) is 0. The molecular weight excluding hydrogens is 318 g/mol. The number of aromatic nitrogens is 2. The number of anilines is 3. The van der Waals surface area contributed by atoms with Crippen LogP contribution < -0.4 is 16.4 Å². The molecule has 0 aliphatic carbocycles. The fraction of sp³-hybridized carbons (Fsp3) is 0.706. The van der Waals surface area contributed by atoms with Crippen LogP contribution in [-0.2, 0) is 4.79 Å². The number of rotatable bonds is 4. The Morgan fingerprint density at radius 3 is 2.56 bits per heavy atom. The lowest BCUT2D eigenvalue weighted by Crippen LogP contribution is -2.52. The van der Waals surface area contributed by atoms with Gasteiger partial charge in [-0.3, -0.25) is 4.79 Å². The van der Waals surface area contributed by atoms with Gasteiger partial charge in [-0.1, -0.05) is 0 Å². The summed E-state index contributed by atoms with van der Waals surface area (Å²) in [6, 6.07) is 1.78. The second kappa shape index (κ2) is 7.03. The quantitative estimate of drug-likeness (QED) is 0.813. The summed E-state index contributed by atoms with van der Waals surface area (Å²) in [6.07, 6.45) is 3.78. The van der Waals surface area contributed by atoms with Gasteiger partial charge in [0.2, 0.25) is 11.9 Å². The number of hydrogen-bond donors (Lipinski definition) is 2. The van der Waals surface area contributed by atoms with E-state index in [0.717, 1.165) is 57.8 Å². The van der Waals surface area contributed by atoms with E-state index in [1.54, 1.807) is 6.07 Å². The summed E-state index contributed by atoms with van der Waals surface area (Å²) in [4.78, 5) is 26.9. The van der Waals surface area contributed by atoms with Gasteiger partial charge in [0.15, 0.2) is 0 Å². The van der Waals surface area contributed by atoms with E-state index in [4.69, 9.17) is 11.5 Å². The number of hydrogen-bond acceptors (Lipinski definition) is 7. The lowest BCUT2D eigenvalue weighted by molar-refractivity contribution is -0.138. The number of carbonyl (C=O) groups excluding carboxylic acids is 1. The summed E-state index contributed by atoms with van der Waals surface area (Å²) in [7, 11) is 4.09. The van der Waals surface area contributed by atoms with E-state index in [1.165, 1.54) is 0 Å². The van der Waals surface area contributed by atoms with E-state index >= 15 is 0 Å². The second-order valence-corrected chi connectivity index (χ2v) is 7.61. The molecule has 8 heteroatoms. The van der Waals surface area contributed by atoms with Crippen LogP contribution in [0.5, 0.6) is 0 Å². The molecule has 1 amide bonds. The Hall–Kier alpha value is -2.09. The molecule has 0 atom stereocenters. The van der Waals surface area contributed by atoms with Crippen molar-refractivity contribution < 1.29 is 4.79 Å². The number of carbonyl (C=O) groups is 1.